The van der Waals surface area contributed by atoms with E-state index in [1.54, 1.807) is 5.92 Å². The highest BCUT2D eigenvalue weighted by Crippen LogP contribution is 2.38. The average molecular weight is 263 g/mol. The molecule has 2 aromatic rings. The van der Waals surface area contributed by atoms with Crippen LogP contribution in [-0.4, -0.2) is 0 Å². The van der Waals surface area contributed by atoms with Gasteiger partial charge in [-0.1, -0.05) is 86.3 Å². The minimum Gasteiger partial charge on any atom is -0.0622 e. The van der Waals surface area contributed by atoms with Crippen molar-refractivity contribution in [3.63, 3.8) is 0 Å². The molecular weight excluding hydrogens is 240 g/mol. The normalized spacial score (nSPS) is 17.1. The molecule has 1 aliphatic rings. The van der Waals surface area contributed by atoms with Crippen molar-refractivity contribution in [1.29, 1.82) is 0 Å². The zero-order valence-corrected chi connectivity index (χ0v) is 12.1. The van der Waals surface area contributed by atoms with Crippen molar-refractivity contribution >= 4 is 0 Å². The fourth-order valence-corrected chi connectivity index (χ4v) is 3.44. The van der Waals surface area contributed by atoms with Gasteiger partial charge in [-0.2, -0.15) is 0 Å². The highest BCUT2D eigenvalue weighted by Gasteiger charge is 2.26. The van der Waals surface area contributed by atoms with Crippen molar-refractivity contribution in [1.82, 2.24) is 0 Å². The maximum absolute atomic E-state index is 2.27. The molecular formula is C20H23. The van der Waals surface area contributed by atoms with Gasteiger partial charge >= 0.3 is 0 Å². The van der Waals surface area contributed by atoms with E-state index in [0.717, 1.165) is 5.92 Å². The van der Waals surface area contributed by atoms with E-state index in [0.29, 0.717) is 0 Å². The van der Waals surface area contributed by atoms with Gasteiger partial charge in [0.1, 0.15) is 0 Å². The Morgan fingerprint density at radius 1 is 0.600 bits per heavy atom. The lowest BCUT2D eigenvalue weighted by atomic mass is 9.77. The summed E-state index contributed by atoms with van der Waals surface area (Å²) in [6, 6.07) is 22.0. The molecule has 0 N–H and O–H groups in total. The Morgan fingerprint density at radius 2 is 1.05 bits per heavy atom. The Bertz CT molecular complexity index is 453. The summed E-state index contributed by atoms with van der Waals surface area (Å²) in [5.74, 6) is 2.29. The lowest BCUT2D eigenvalue weighted by molar-refractivity contribution is 0.499. The van der Waals surface area contributed by atoms with Crippen LogP contribution in [0, 0.1) is 11.8 Å². The van der Waals surface area contributed by atoms with Crippen molar-refractivity contribution < 1.29 is 0 Å². The monoisotopic (exact) mass is 263 g/mol. The van der Waals surface area contributed by atoms with Crippen LogP contribution in [0.3, 0.4) is 0 Å². The van der Waals surface area contributed by atoms with E-state index in [4.69, 9.17) is 0 Å². The van der Waals surface area contributed by atoms with Gasteiger partial charge in [-0.3, -0.25) is 0 Å². The van der Waals surface area contributed by atoms with E-state index in [1.165, 1.54) is 49.7 Å². The quantitative estimate of drug-likeness (QED) is 0.630. The van der Waals surface area contributed by atoms with Crippen molar-refractivity contribution in [2.24, 2.45) is 5.92 Å². The molecule has 2 aromatic carbocycles. The Labute approximate surface area is 122 Å². The lowest BCUT2D eigenvalue weighted by Crippen LogP contribution is -2.15. The molecule has 0 heterocycles. The third-order valence-electron chi connectivity index (χ3n) is 4.43. The molecule has 1 aliphatic carbocycles. The zero-order valence-electron chi connectivity index (χ0n) is 12.1. The molecule has 0 spiro atoms. The standard InChI is InChI=1S/C20H23/c1-2-6-12-17(11-5-1)20(18-13-7-3-8-14-18)19-15-9-4-10-16-19/h3-4,7-10,13-17H,1-2,5-6,11-12H2. The molecule has 0 aromatic heterocycles. The van der Waals surface area contributed by atoms with E-state index >= 15 is 0 Å². The first kappa shape index (κ1) is 13.4. The van der Waals surface area contributed by atoms with Gasteiger partial charge in [-0.25, -0.2) is 0 Å². The summed E-state index contributed by atoms with van der Waals surface area (Å²) in [5, 5.41) is 0. The highest BCUT2D eigenvalue weighted by atomic mass is 14.3. The van der Waals surface area contributed by atoms with Crippen LogP contribution < -0.4 is 0 Å². The molecule has 0 amide bonds. The molecule has 1 radical (unpaired) electrons. The van der Waals surface area contributed by atoms with Crippen LogP contribution in [0.25, 0.3) is 0 Å². The zero-order chi connectivity index (χ0) is 13.6. The lowest BCUT2D eigenvalue weighted by Gasteiger charge is -2.26. The Balaban J connectivity index is 1.95. The molecule has 20 heavy (non-hydrogen) atoms. The van der Waals surface area contributed by atoms with Gasteiger partial charge in [-0.05, 0) is 29.9 Å². The van der Waals surface area contributed by atoms with E-state index in [9.17, 15) is 0 Å². The second-order valence-corrected chi connectivity index (χ2v) is 5.83. The predicted octanol–water partition coefficient (Wildman–Crippen LogP) is 5.63. The first-order valence-electron chi connectivity index (χ1n) is 7.93. The molecule has 1 fully saturated rings. The summed E-state index contributed by atoms with van der Waals surface area (Å²) in [4.78, 5) is 0. The maximum Gasteiger partial charge on any atom is 0.0370 e. The maximum atomic E-state index is 2.27. The van der Waals surface area contributed by atoms with Crippen molar-refractivity contribution in [3.8, 4) is 0 Å². The first-order valence-corrected chi connectivity index (χ1v) is 7.93. The van der Waals surface area contributed by atoms with E-state index in [1.807, 2.05) is 0 Å². The fourth-order valence-electron chi connectivity index (χ4n) is 3.44. The third-order valence-corrected chi connectivity index (χ3v) is 4.43. The minimum atomic E-state index is 0.724. The Kier molecular flexibility index (Phi) is 4.53. The smallest absolute Gasteiger partial charge is 0.0370 e. The van der Waals surface area contributed by atoms with Crippen LogP contribution in [-0.2, 0) is 0 Å². The van der Waals surface area contributed by atoms with E-state index in [2.05, 4.69) is 60.7 Å². The largest absolute Gasteiger partial charge is 0.0622 e. The Morgan fingerprint density at radius 3 is 1.50 bits per heavy atom. The van der Waals surface area contributed by atoms with Gasteiger partial charge in [-0.15, -0.1) is 0 Å². The summed E-state index contributed by atoms with van der Waals surface area (Å²) in [5.41, 5.74) is 2.82. The van der Waals surface area contributed by atoms with Gasteiger partial charge in [0.25, 0.3) is 0 Å². The summed E-state index contributed by atoms with van der Waals surface area (Å²) in [6.45, 7) is 0. The highest BCUT2D eigenvalue weighted by molar-refractivity contribution is 5.46. The third kappa shape index (κ3) is 3.12. The first-order chi connectivity index (χ1) is 9.95. The van der Waals surface area contributed by atoms with Crippen LogP contribution in [0.5, 0.6) is 0 Å². The van der Waals surface area contributed by atoms with Gasteiger partial charge in [0.2, 0.25) is 0 Å². The molecule has 0 nitrogen and oxygen atoms in total. The average Bonchev–Trinajstić information content (AvgIpc) is 2.79. The molecule has 0 atom stereocenters. The van der Waals surface area contributed by atoms with Crippen LogP contribution in [0.1, 0.15) is 49.7 Å². The van der Waals surface area contributed by atoms with E-state index < -0.39 is 0 Å². The van der Waals surface area contributed by atoms with Crippen LogP contribution >= 0.6 is 0 Å². The van der Waals surface area contributed by atoms with Gasteiger partial charge in [0.05, 0.1) is 0 Å². The second kappa shape index (κ2) is 6.74. The van der Waals surface area contributed by atoms with Crippen molar-refractivity contribution in [2.45, 2.75) is 38.5 Å². The minimum absolute atomic E-state index is 0.724. The number of hydrogen-bond acceptors (Lipinski definition) is 0. The number of benzene rings is 2. The Hall–Kier alpha value is -1.56. The van der Waals surface area contributed by atoms with Crippen LogP contribution in [0.15, 0.2) is 60.7 Å². The van der Waals surface area contributed by atoms with Crippen molar-refractivity contribution in [2.75, 3.05) is 0 Å². The van der Waals surface area contributed by atoms with Gasteiger partial charge in [0.15, 0.2) is 0 Å². The van der Waals surface area contributed by atoms with Gasteiger partial charge < -0.3 is 0 Å². The SMILES string of the molecule is c1ccc([C](c2ccccc2)C2CCCCCC2)cc1. The van der Waals surface area contributed by atoms with Crippen LogP contribution in [0.4, 0.5) is 0 Å². The fraction of sp³-hybridized carbons (Fsp3) is 0.350. The summed E-state index contributed by atoms with van der Waals surface area (Å²) >= 11 is 0. The molecule has 0 bridgehead atoms. The molecule has 0 heteroatoms. The molecule has 0 aliphatic heterocycles. The molecule has 3 rings (SSSR count). The number of hydrogen-bond donors (Lipinski definition) is 0. The van der Waals surface area contributed by atoms with Gasteiger partial charge in [0, 0.05) is 5.92 Å². The molecule has 0 saturated heterocycles. The second-order valence-electron chi connectivity index (χ2n) is 5.83. The molecule has 1 saturated carbocycles. The topological polar surface area (TPSA) is 0 Å². The predicted molar refractivity (Wildman–Crippen MR) is 85.5 cm³/mol. The molecule has 103 valence electrons. The van der Waals surface area contributed by atoms with E-state index in [-0.39, 0.29) is 0 Å². The summed E-state index contributed by atoms with van der Waals surface area (Å²) in [7, 11) is 0. The summed E-state index contributed by atoms with van der Waals surface area (Å²) < 4.78 is 0. The molecule has 0 unspecified atom stereocenters. The number of rotatable bonds is 3. The summed E-state index contributed by atoms with van der Waals surface area (Å²) in [6.07, 6.45) is 8.28. The van der Waals surface area contributed by atoms with Crippen molar-refractivity contribution in [3.05, 3.63) is 77.7 Å². The van der Waals surface area contributed by atoms with Crippen LogP contribution in [0.2, 0.25) is 0 Å².